The fourth-order valence-corrected chi connectivity index (χ4v) is 5.19. The Hall–Kier alpha value is -4.01. The van der Waals surface area contributed by atoms with Crippen LogP contribution in [0.3, 0.4) is 0 Å². The van der Waals surface area contributed by atoms with Crippen molar-refractivity contribution in [3.63, 3.8) is 0 Å². The first-order valence-electron chi connectivity index (χ1n) is 11.6. The van der Waals surface area contributed by atoms with Crippen molar-refractivity contribution in [3.05, 3.63) is 76.2 Å². The van der Waals surface area contributed by atoms with Gasteiger partial charge in [-0.2, -0.15) is 0 Å². The first-order valence-corrected chi connectivity index (χ1v) is 11.6. The van der Waals surface area contributed by atoms with Gasteiger partial charge in [0.1, 0.15) is 17.8 Å². The van der Waals surface area contributed by atoms with Gasteiger partial charge in [0.15, 0.2) is 5.65 Å². The molecule has 1 N–H and O–H groups in total. The van der Waals surface area contributed by atoms with Gasteiger partial charge in [0.25, 0.3) is 5.91 Å². The predicted octanol–water partition coefficient (Wildman–Crippen LogP) is 2.87. The monoisotopic (exact) mass is 455 g/mol. The molecular formula is C25H25N7O2. The normalized spacial score (nSPS) is 16.3. The molecule has 1 amide bonds. The van der Waals surface area contributed by atoms with E-state index in [0.717, 1.165) is 49.4 Å². The number of carbonyl (C=O) groups is 1. The third-order valence-corrected chi connectivity index (χ3v) is 6.89. The maximum Gasteiger partial charge on any atom is 0.327 e. The van der Waals surface area contributed by atoms with E-state index in [1.54, 1.807) is 12.3 Å². The average molecular weight is 456 g/mol. The molecule has 5 heterocycles. The van der Waals surface area contributed by atoms with E-state index in [9.17, 15) is 9.59 Å². The Morgan fingerprint density at radius 2 is 1.91 bits per heavy atom. The second-order valence-electron chi connectivity index (χ2n) is 8.99. The molecule has 2 aliphatic heterocycles. The summed E-state index contributed by atoms with van der Waals surface area (Å²) >= 11 is 0. The number of piperidine rings is 1. The number of fused-ring (bicyclic) bond motifs is 2. The first-order chi connectivity index (χ1) is 16.6. The molecule has 6 rings (SSSR count). The van der Waals surface area contributed by atoms with Crippen LogP contribution < -0.4 is 15.5 Å². The fraction of sp³-hybridized carbons (Fsp3) is 0.320. The standard InChI is InChI=1S/C25H25N7O2/c1-16-4-5-20-17(13-16)6-12-31(20)24(33)19-14-22(28-15-27-19)30-10-7-18(8-11-30)32-21-3-2-9-26-23(21)29-25(32)34/h2-5,9,13-15,18H,6-8,10-12H2,1H3,(H,26,29,34). The van der Waals surface area contributed by atoms with Crippen LogP contribution in [0, 0.1) is 6.92 Å². The predicted molar refractivity (Wildman–Crippen MR) is 129 cm³/mol. The van der Waals surface area contributed by atoms with E-state index in [1.165, 1.54) is 17.5 Å². The number of pyridine rings is 1. The summed E-state index contributed by atoms with van der Waals surface area (Å²) in [5.41, 5.74) is 5.10. The zero-order valence-corrected chi connectivity index (χ0v) is 18.9. The van der Waals surface area contributed by atoms with Crippen molar-refractivity contribution in [1.29, 1.82) is 0 Å². The molecule has 34 heavy (non-hydrogen) atoms. The Balaban J connectivity index is 1.19. The van der Waals surface area contributed by atoms with Crippen LogP contribution in [-0.2, 0) is 6.42 Å². The third-order valence-electron chi connectivity index (χ3n) is 6.89. The molecule has 0 aliphatic carbocycles. The summed E-state index contributed by atoms with van der Waals surface area (Å²) in [5.74, 6) is 0.645. The lowest BCUT2D eigenvalue weighted by Crippen LogP contribution is -2.37. The van der Waals surface area contributed by atoms with Gasteiger partial charge in [-0.25, -0.2) is 19.7 Å². The zero-order valence-electron chi connectivity index (χ0n) is 18.9. The molecule has 1 saturated heterocycles. The van der Waals surface area contributed by atoms with Crippen LogP contribution in [0.5, 0.6) is 0 Å². The van der Waals surface area contributed by atoms with Gasteiger partial charge in [0, 0.05) is 43.6 Å². The minimum Gasteiger partial charge on any atom is -0.356 e. The number of anilines is 2. The van der Waals surface area contributed by atoms with E-state index in [0.29, 0.717) is 17.9 Å². The number of aryl methyl sites for hydroxylation is 1. The van der Waals surface area contributed by atoms with E-state index in [2.05, 4.69) is 37.8 Å². The SMILES string of the molecule is Cc1ccc2c(c1)CCN2C(=O)c1cc(N2CCC(n3c(=O)[nH]c4ncccc43)CC2)ncn1. The number of nitrogens with one attached hydrogen (secondary N) is 1. The molecular weight excluding hydrogens is 430 g/mol. The number of carbonyl (C=O) groups excluding carboxylic acids is 1. The van der Waals surface area contributed by atoms with Crippen LogP contribution in [0.2, 0.25) is 0 Å². The molecule has 9 nitrogen and oxygen atoms in total. The van der Waals surface area contributed by atoms with Crippen LogP contribution >= 0.6 is 0 Å². The maximum atomic E-state index is 13.3. The molecule has 4 aromatic rings. The minimum atomic E-state index is -0.122. The molecule has 3 aromatic heterocycles. The van der Waals surface area contributed by atoms with E-state index < -0.39 is 0 Å². The second-order valence-corrected chi connectivity index (χ2v) is 8.99. The third kappa shape index (κ3) is 3.44. The van der Waals surface area contributed by atoms with Crippen molar-refractivity contribution in [1.82, 2.24) is 24.5 Å². The highest BCUT2D eigenvalue weighted by molar-refractivity contribution is 6.06. The lowest BCUT2D eigenvalue weighted by molar-refractivity contribution is 0.0984. The largest absolute Gasteiger partial charge is 0.356 e. The highest BCUT2D eigenvalue weighted by atomic mass is 16.2. The molecule has 2 aliphatic rings. The number of rotatable bonds is 3. The van der Waals surface area contributed by atoms with E-state index in [1.807, 2.05) is 33.7 Å². The number of nitrogens with zero attached hydrogens (tertiary/aromatic N) is 6. The number of benzene rings is 1. The summed E-state index contributed by atoms with van der Waals surface area (Å²) in [6, 6.07) is 11.9. The van der Waals surface area contributed by atoms with Gasteiger partial charge < -0.3 is 9.80 Å². The van der Waals surface area contributed by atoms with Crippen molar-refractivity contribution in [2.24, 2.45) is 0 Å². The molecule has 0 bridgehead atoms. The van der Waals surface area contributed by atoms with E-state index >= 15 is 0 Å². The lowest BCUT2D eigenvalue weighted by Gasteiger charge is -2.33. The van der Waals surface area contributed by atoms with Gasteiger partial charge >= 0.3 is 5.69 Å². The molecule has 172 valence electrons. The Kier molecular flexibility index (Phi) is 4.90. The first kappa shape index (κ1) is 20.6. The molecule has 1 aromatic carbocycles. The van der Waals surface area contributed by atoms with Crippen molar-refractivity contribution >= 4 is 28.6 Å². The molecule has 9 heteroatoms. The smallest absolute Gasteiger partial charge is 0.327 e. The lowest BCUT2D eigenvalue weighted by atomic mass is 10.0. The molecule has 1 fully saturated rings. The van der Waals surface area contributed by atoms with Crippen molar-refractivity contribution in [2.45, 2.75) is 32.2 Å². The van der Waals surface area contributed by atoms with Gasteiger partial charge in [0.05, 0.1) is 5.52 Å². The minimum absolute atomic E-state index is 0.0918. The molecule has 0 spiro atoms. The zero-order chi connectivity index (χ0) is 23.2. The second kappa shape index (κ2) is 8.09. The number of hydrogen-bond donors (Lipinski definition) is 1. The number of imidazole rings is 1. The number of aromatic amines is 1. The summed E-state index contributed by atoms with van der Waals surface area (Å²) in [6.45, 7) is 4.20. The Morgan fingerprint density at radius 3 is 2.76 bits per heavy atom. The van der Waals surface area contributed by atoms with Crippen molar-refractivity contribution in [2.75, 3.05) is 29.4 Å². The number of amides is 1. The summed E-state index contributed by atoms with van der Waals surface area (Å²) < 4.78 is 1.82. The van der Waals surface area contributed by atoms with Crippen molar-refractivity contribution < 1.29 is 4.79 Å². The summed E-state index contributed by atoms with van der Waals surface area (Å²) in [6.07, 6.45) is 5.61. The van der Waals surface area contributed by atoms with Crippen LogP contribution in [0.4, 0.5) is 11.5 Å². The topological polar surface area (TPSA) is 100 Å². The molecule has 0 unspecified atom stereocenters. The molecule has 0 saturated carbocycles. The number of aromatic nitrogens is 5. The Bertz CT molecular complexity index is 1450. The quantitative estimate of drug-likeness (QED) is 0.510. The summed E-state index contributed by atoms with van der Waals surface area (Å²) in [4.78, 5) is 45.6. The van der Waals surface area contributed by atoms with Gasteiger partial charge in [0.2, 0.25) is 0 Å². The van der Waals surface area contributed by atoms with Gasteiger partial charge in [-0.3, -0.25) is 14.3 Å². The van der Waals surface area contributed by atoms with Crippen LogP contribution in [0.1, 0.15) is 40.5 Å². The highest BCUT2D eigenvalue weighted by Gasteiger charge is 2.28. The fourth-order valence-electron chi connectivity index (χ4n) is 5.19. The highest BCUT2D eigenvalue weighted by Crippen LogP contribution is 2.31. The molecule has 0 radical (unpaired) electrons. The van der Waals surface area contributed by atoms with E-state index in [4.69, 9.17) is 0 Å². The van der Waals surface area contributed by atoms with E-state index in [-0.39, 0.29) is 17.6 Å². The molecule has 0 atom stereocenters. The van der Waals surface area contributed by atoms with Gasteiger partial charge in [-0.05, 0) is 49.9 Å². The van der Waals surface area contributed by atoms with Gasteiger partial charge in [-0.1, -0.05) is 17.7 Å². The number of H-pyrrole nitrogens is 1. The average Bonchev–Trinajstić information content (AvgIpc) is 3.43. The summed E-state index contributed by atoms with van der Waals surface area (Å²) in [5, 5.41) is 0. The van der Waals surface area contributed by atoms with Crippen LogP contribution in [0.25, 0.3) is 11.2 Å². The Labute approximate surface area is 196 Å². The summed E-state index contributed by atoms with van der Waals surface area (Å²) in [7, 11) is 0. The van der Waals surface area contributed by atoms with Crippen molar-refractivity contribution in [3.8, 4) is 0 Å². The van der Waals surface area contributed by atoms with Crippen LogP contribution in [0.15, 0.2) is 53.7 Å². The van der Waals surface area contributed by atoms with Crippen LogP contribution in [-0.4, -0.2) is 50.0 Å². The van der Waals surface area contributed by atoms with Gasteiger partial charge in [-0.15, -0.1) is 0 Å². The maximum absolute atomic E-state index is 13.3. The number of hydrogen-bond acceptors (Lipinski definition) is 6. The Morgan fingerprint density at radius 1 is 1.06 bits per heavy atom.